The van der Waals surface area contributed by atoms with Gasteiger partial charge in [-0.3, -0.25) is 4.72 Å². The Bertz CT molecular complexity index is 1250. The van der Waals surface area contributed by atoms with Crippen LogP contribution in [0.3, 0.4) is 0 Å². The largest absolute Gasteiger partial charge is 0.399 e. The van der Waals surface area contributed by atoms with Crippen molar-refractivity contribution in [2.24, 2.45) is 0 Å². The zero-order valence-corrected chi connectivity index (χ0v) is 16.8. The molecule has 0 aliphatic rings. The summed E-state index contributed by atoms with van der Waals surface area (Å²) in [6.45, 7) is 0.486. The van der Waals surface area contributed by atoms with Gasteiger partial charge in [0, 0.05) is 22.9 Å². The van der Waals surface area contributed by atoms with Crippen LogP contribution in [0.4, 0.5) is 17.3 Å². The predicted molar refractivity (Wildman–Crippen MR) is 117 cm³/mol. The Balaban J connectivity index is 1.43. The molecule has 0 saturated heterocycles. The van der Waals surface area contributed by atoms with Gasteiger partial charge in [-0.25, -0.2) is 13.4 Å². The molecule has 4 rings (SSSR count). The van der Waals surface area contributed by atoms with Crippen molar-refractivity contribution in [2.75, 3.05) is 15.8 Å². The van der Waals surface area contributed by atoms with Crippen LogP contribution >= 0.6 is 11.6 Å². The highest BCUT2D eigenvalue weighted by atomic mass is 35.5. The fraction of sp³-hybridized carbons (Fsp3) is 0.0500. The molecule has 0 bridgehead atoms. The normalized spacial score (nSPS) is 11.5. The highest BCUT2D eigenvalue weighted by Crippen LogP contribution is 2.20. The molecule has 0 atom stereocenters. The van der Waals surface area contributed by atoms with Crippen LogP contribution in [0.2, 0.25) is 5.02 Å². The molecule has 0 spiro atoms. The van der Waals surface area contributed by atoms with Crippen LogP contribution < -0.4 is 15.8 Å². The molecule has 5 N–H and O–H groups in total. The van der Waals surface area contributed by atoms with Crippen LogP contribution in [-0.2, 0) is 16.6 Å². The van der Waals surface area contributed by atoms with E-state index in [0.29, 0.717) is 28.9 Å². The zero-order chi connectivity index (χ0) is 20.4. The van der Waals surface area contributed by atoms with Crippen molar-refractivity contribution in [2.45, 2.75) is 11.4 Å². The lowest BCUT2D eigenvalue weighted by atomic mass is 10.2. The minimum atomic E-state index is -3.68. The first-order chi connectivity index (χ1) is 13.9. The molecule has 1 heterocycles. The summed E-state index contributed by atoms with van der Waals surface area (Å²) in [6, 6.07) is 18.6. The van der Waals surface area contributed by atoms with Gasteiger partial charge in [-0.05, 0) is 60.2 Å². The number of imidazole rings is 1. The molecule has 29 heavy (non-hydrogen) atoms. The molecule has 0 radical (unpaired) electrons. The summed E-state index contributed by atoms with van der Waals surface area (Å²) in [5, 5.41) is 3.73. The third-order valence-corrected chi connectivity index (χ3v) is 5.95. The highest BCUT2D eigenvalue weighted by Gasteiger charge is 2.14. The summed E-state index contributed by atoms with van der Waals surface area (Å²) in [6.07, 6.45) is 0. The Morgan fingerprint density at radius 1 is 1.00 bits per heavy atom. The first-order valence-corrected chi connectivity index (χ1v) is 10.6. The average Bonchev–Trinajstić information content (AvgIpc) is 3.10. The van der Waals surface area contributed by atoms with Crippen molar-refractivity contribution in [1.82, 2.24) is 9.97 Å². The van der Waals surface area contributed by atoms with Crippen molar-refractivity contribution in [3.63, 3.8) is 0 Å². The minimum Gasteiger partial charge on any atom is -0.399 e. The second-order valence-corrected chi connectivity index (χ2v) is 8.59. The van der Waals surface area contributed by atoms with Gasteiger partial charge >= 0.3 is 0 Å². The number of rotatable bonds is 6. The number of nitrogens with zero attached hydrogens (tertiary/aromatic N) is 1. The number of nitrogen functional groups attached to an aromatic ring is 1. The molecule has 0 aliphatic carbocycles. The van der Waals surface area contributed by atoms with Gasteiger partial charge in [0.15, 0.2) is 0 Å². The Labute approximate surface area is 173 Å². The van der Waals surface area contributed by atoms with Crippen molar-refractivity contribution in [3.05, 3.63) is 77.3 Å². The fourth-order valence-corrected chi connectivity index (χ4v) is 4.00. The van der Waals surface area contributed by atoms with Crippen LogP contribution in [0.15, 0.2) is 71.6 Å². The summed E-state index contributed by atoms with van der Waals surface area (Å²) in [4.78, 5) is 7.77. The van der Waals surface area contributed by atoms with Gasteiger partial charge in [0.2, 0.25) is 5.95 Å². The van der Waals surface area contributed by atoms with E-state index in [1.54, 1.807) is 54.6 Å². The van der Waals surface area contributed by atoms with E-state index in [9.17, 15) is 8.42 Å². The number of H-pyrrole nitrogens is 1. The number of aromatic nitrogens is 2. The quantitative estimate of drug-likeness (QED) is 0.344. The number of aromatic amines is 1. The van der Waals surface area contributed by atoms with E-state index in [0.717, 1.165) is 16.6 Å². The van der Waals surface area contributed by atoms with Crippen LogP contribution in [0.5, 0.6) is 0 Å². The van der Waals surface area contributed by atoms with Crippen molar-refractivity contribution < 1.29 is 8.42 Å². The second-order valence-electron chi connectivity index (χ2n) is 6.47. The van der Waals surface area contributed by atoms with Crippen LogP contribution in [0.25, 0.3) is 11.0 Å². The highest BCUT2D eigenvalue weighted by molar-refractivity contribution is 7.92. The van der Waals surface area contributed by atoms with E-state index >= 15 is 0 Å². The Hall–Kier alpha value is -3.23. The van der Waals surface area contributed by atoms with E-state index in [1.807, 2.05) is 12.1 Å². The number of hydrogen-bond donors (Lipinski definition) is 4. The maximum absolute atomic E-state index is 12.5. The monoisotopic (exact) mass is 427 g/mol. The Morgan fingerprint density at radius 2 is 1.72 bits per heavy atom. The predicted octanol–water partition coefficient (Wildman–Crippen LogP) is 4.21. The van der Waals surface area contributed by atoms with Gasteiger partial charge in [-0.15, -0.1) is 0 Å². The van der Waals surface area contributed by atoms with Crippen molar-refractivity contribution in [3.8, 4) is 0 Å². The second kappa shape index (κ2) is 7.65. The summed E-state index contributed by atoms with van der Waals surface area (Å²) < 4.78 is 27.6. The zero-order valence-electron chi connectivity index (χ0n) is 15.2. The SMILES string of the molecule is Nc1ccc2nc(NCc3ccc(S(=O)(=O)Nc4ccc(Cl)cc4)cc3)[nH]c2c1. The molecular formula is C20H18ClN5O2S. The fourth-order valence-electron chi connectivity index (χ4n) is 2.82. The lowest BCUT2D eigenvalue weighted by molar-refractivity contribution is 0.601. The minimum absolute atomic E-state index is 0.176. The maximum Gasteiger partial charge on any atom is 0.261 e. The molecule has 9 heteroatoms. The smallest absolute Gasteiger partial charge is 0.261 e. The number of hydrogen-bond acceptors (Lipinski definition) is 5. The van der Waals surface area contributed by atoms with E-state index in [-0.39, 0.29) is 4.90 Å². The molecule has 3 aromatic carbocycles. The van der Waals surface area contributed by atoms with E-state index < -0.39 is 10.0 Å². The van der Waals surface area contributed by atoms with E-state index in [2.05, 4.69) is 20.0 Å². The molecular weight excluding hydrogens is 410 g/mol. The molecule has 148 valence electrons. The lowest BCUT2D eigenvalue weighted by Gasteiger charge is -2.09. The van der Waals surface area contributed by atoms with Crippen LogP contribution in [0, 0.1) is 0 Å². The number of halogens is 1. The average molecular weight is 428 g/mol. The summed E-state index contributed by atoms with van der Waals surface area (Å²) >= 11 is 5.83. The van der Waals surface area contributed by atoms with Crippen molar-refractivity contribution >= 4 is 50.0 Å². The number of anilines is 3. The third kappa shape index (κ3) is 4.44. The number of fused-ring (bicyclic) bond motifs is 1. The maximum atomic E-state index is 12.5. The molecule has 4 aromatic rings. The summed E-state index contributed by atoms with van der Waals surface area (Å²) in [5.41, 5.74) is 9.47. The molecule has 0 fully saturated rings. The van der Waals surface area contributed by atoms with Crippen LogP contribution in [-0.4, -0.2) is 18.4 Å². The molecule has 0 amide bonds. The van der Waals surface area contributed by atoms with Crippen molar-refractivity contribution in [1.29, 1.82) is 0 Å². The van der Waals surface area contributed by atoms with Gasteiger partial charge in [0.1, 0.15) is 0 Å². The summed E-state index contributed by atoms with van der Waals surface area (Å²) in [5.74, 6) is 0.617. The number of benzene rings is 3. The molecule has 1 aromatic heterocycles. The van der Waals surface area contributed by atoms with Gasteiger partial charge in [0.25, 0.3) is 10.0 Å². The van der Waals surface area contributed by atoms with Gasteiger partial charge < -0.3 is 16.0 Å². The van der Waals surface area contributed by atoms with Crippen LogP contribution in [0.1, 0.15) is 5.56 Å². The number of nitrogens with two attached hydrogens (primary N) is 1. The first kappa shape index (κ1) is 19.1. The Morgan fingerprint density at radius 3 is 2.45 bits per heavy atom. The molecule has 0 aliphatic heterocycles. The van der Waals surface area contributed by atoms with E-state index in [4.69, 9.17) is 17.3 Å². The summed E-state index contributed by atoms with van der Waals surface area (Å²) in [7, 11) is -3.68. The molecule has 0 saturated carbocycles. The Kier molecular flexibility index (Phi) is 5.04. The first-order valence-electron chi connectivity index (χ1n) is 8.75. The third-order valence-electron chi connectivity index (χ3n) is 4.30. The molecule has 0 unspecified atom stereocenters. The number of sulfonamides is 1. The lowest BCUT2D eigenvalue weighted by Crippen LogP contribution is -2.13. The standard InChI is InChI=1S/C20H18ClN5O2S/c21-14-3-6-16(7-4-14)26-29(27,28)17-8-1-13(2-9-17)12-23-20-24-18-10-5-15(22)11-19(18)25-20/h1-11,26H,12,22H2,(H2,23,24,25). The van der Waals surface area contributed by atoms with Gasteiger partial charge in [-0.2, -0.15) is 0 Å². The van der Waals surface area contributed by atoms with E-state index in [1.165, 1.54) is 0 Å². The topological polar surface area (TPSA) is 113 Å². The van der Waals surface area contributed by atoms with Gasteiger partial charge in [-0.1, -0.05) is 23.7 Å². The molecule has 7 nitrogen and oxygen atoms in total. The van der Waals surface area contributed by atoms with Gasteiger partial charge in [0.05, 0.1) is 15.9 Å². The number of nitrogens with one attached hydrogen (secondary N) is 3.